The SMILES string of the molecule is COc1ccc2nc3cc(Nc4ccc(C)nc4)/c(=N/C(C)C)cc-3n(-c3ccc(Cl)cc3)c2c1. The topological polar surface area (TPSA) is 64.3 Å². The second kappa shape index (κ2) is 9.39. The molecule has 35 heavy (non-hydrogen) atoms. The molecule has 0 fully saturated rings. The van der Waals surface area contributed by atoms with Crippen LogP contribution in [0.25, 0.3) is 28.1 Å². The maximum atomic E-state index is 6.20. The molecule has 2 heterocycles. The van der Waals surface area contributed by atoms with E-state index in [9.17, 15) is 0 Å². The third-order valence-corrected chi connectivity index (χ3v) is 5.92. The first kappa shape index (κ1) is 22.9. The van der Waals surface area contributed by atoms with Crippen LogP contribution in [0.1, 0.15) is 19.5 Å². The van der Waals surface area contributed by atoms with E-state index < -0.39 is 0 Å². The molecule has 1 aliphatic carbocycles. The summed E-state index contributed by atoms with van der Waals surface area (Å²) < 4.78 is 7.69. The van der Waals surface area contributed by atoms with Crippen molar-refractivity contribution in [3.63, 3.8) is 0 Å². The fraction of sp³-hybridized carbons (Fsp3) is 0.179. The number of anilines is 2. The van der Waals surface area contributed by atoms with Gasteiger partial charge in [0.05, 0.1) is 52.5 Å². The van der Waals surface area contributed by atoms with Crippen molar-refractivity contribution in [2.24, 2.45) is 4.99 Å². The van der Waals surface area contributed by atoms with Gasteiger partial charge in [0.15, 0.2) is 0 Å². The van der Waals surface area contributed by atoms with Crippen LogP contribution in [0.2, 0.25) is 5.02 Å². The maximum absolute atomic E-state index is 6.20. The Balaban J connectivity index is 1.82. The fourth-order valence-corrected chi connectivity index (χ4v) is 4.17. The van der Waals surface area contributed by atoms with Gasteiger partial charge < -0.3 is 14.6 Å². The second-order valence-corrected chi connectivity index (χ2v) is 9.11. The van der Waals surface area contributed by atoms with E-state index in [0.29, 0.717) is 5.02 Å². The summed E-state index contributed by atoms with van der Waals surface area (Å²) in [5, 5.41) is 5.02. The summed E-state index contributed by atoms with van der Waals surface area (Å²) in [5.74, 6) is 0.763. The molecule has 0 bridgehead atoms. The Hall–Kier alpha value is -3.90. The number of aryl methyl sites for hydroxylation is 1. The van der Waals surface area contributed by atoms with Crippen LogP contribution in [0.4, 0.5) is 11.4 Å². The molecule has 5 rings (SSSR count). The number of fused-ring (bicyclic) bond motifs is 2. The Labute approximate surface area is 209 Å². The lowest BCUT2D eigenvalue weighted by atomic mass is 10.1. The van der Waals surface area contributed by atoms with Crippen LogP contribution in [-0.2, 0) is 0 Å². The van der Waals surface area contributed by atoms with Crippen molar-refractivity contribution in [2.45, 2.75) is 26.8 Å². The molecule has 7 heteroatoms. The summed E-state index contributed by atoms with van der Waals surface area (Å²) >= 11 is 6.20. The van der Waals surface area contributed by atoms with Gasteiger partial charge in [-0.2, -0.15) is 0 Å². The lowest BCUT2D eigenvalue weighted by Crippen LogP contribution is -2.16. The molecular weight excluding hydrogens is 458 g/mol. The quantitative estimate of drug-likeness (QED) is 0.288. The van der Waals surface area contributed by atoms with Crippen LogP contribution < -0.4 is 15.4 Å². The third kappa shape index (κ3) is 4.70. The highest BCUT2D eigenvalue weighted by molar-refractivity contribution is 6.30. The minimum Gasteiger partial charge on any atom is -0.497 e. The molecule has 1 N–H and O–H groups in total. The molecule has 176 valence electrons. The Morgan fingerprint density at radius 1 is 1.00 bits per heavy atom. The summed E-state index contributed by atoms with van der Waals surface area (Å²) in [4.78, 5) is 14.3. The predicted molar refractivity (Wildman–Crippen MR) is 142 cm³/mol. The molecule has 0 spiro atoms. The van der Waals surface area contributed by atoms with E-state index in [1.165, 1.54) is 0 Å². The van der Waals surface area contributed by atoms with Gasteiger partial charge in [0.2, 0.25) is 0 Å². The van der Waals surface area contributed by atoms with Gasteiger partial charge in [0.1, 0.15) is 5.75 Å². The van der Waals surface area contributed by atoms with Crippen molar-refractivity contribution in [3.8, 4) is 22.8 Å². The minimum atomic E-state index is 0.113. The summed E-state index contributed by atoms with van der Waals surface area (Å²) in [6, 6.07) is 21.9. The smallest absolute Gasteiger partial charge is 0.121 e. The van der Waals surface area contributed by atoms with Gasteiger partial charge in [0, 0.05) is 28.5 Å². The van der Waals surface area contributed by atoms with Gasteiger partial charge >= 0.3 is 0 Å². The molecule has 1 aromatic heterocycles. The van der Waals surface area contributed by atoms with Crippen LogP contribution in [0, 0.1) is 6.92 Å². The van der Waals surface area contributed by atoms with Crippen molar-refractivity contribution in [3.05, 3.63) is 89.0 Å². The highest BCUT2D eigenvalue weighted by Crippen LogP contribution is 2.32. The number of ether oxygens (including phenoxy) is 1. The molecule has 0 saturated heterocycles. The van der Waals surface area contributed by atoms with Gasteiger partial charge in [-0.25, -0.2) is 4.98 Å². The zero-order valence-electron chi connectivity index (χ0n) is 20.1. The molecule has 3 aromatic rings. The third-order valence-electron chi connectivity index (χ3n) is 5.67. The first-order valence-electron chi connectivity index (χ1n) is 11.5. The van der Waals surface area contributed by atoms with Crippen molar-refractivity contribution in [2.75, 3.05) is 12.4 Å². The molecule has 0 atom stereocenters. The summed E-state index contributed by atoms with van der Waals surface area (Å²) in [5.41, 5.74) is 7.25. The minimum absolute atomic E-state index is 0.113. The summed E-state index contributed by atoms with van der Waals surface area (Å²) in [6.07, 6.45) is 1.83. The lowest BCUT2D eigenvalue weighted by molar-refractivity contribution is 0.415. The van der Waals surface area contributed by atoms with Crippen LogP contribution >= 0.6 is 11.6 Å². The van der Waals surface area contributed by atoms with E-state index in [2.05, 4.69) is 34.8 Å². The van der Waals surface area contributed by atoms with Crippen LogP contribution in [0.3, 0.4) is 0 Å². The molecule has 2 aliphatic rings. The molecule has 1 aliphatic heterocycles. The van der Waals surface area contributed by atoms with Gasteiger partial charge in [-0.3, -0.25) is 9.98 Å². The number of nitrogens with one attached hydrogen (secondary N) is 1. The van der Waals surface area contributed by atoms with E-state index in [4.69, 9.17) is 26.3 Å². The maximum Gasteiger partial charge on any atom is 0.121 e. The van der Waals surface area contributed by atoms with Crippen LogP contribution in [0.5, 0.6) is 5.75 Å². The number of hydrogen-bond acceptors (Lipinski definition) is 5. The molecule has 0 amide bonds. The van der Waals surface area contributed by atoms with Crippen LogP contribution in [-0.4, -0.2) is 27.7 Å². The van der Waals surface area contributed by atoms with Gasteiger partial charge in [-0.05, 0) is 81.4 Å². The Kier molecular flexibility index (Phi) is 6.14. The monoisotopic (exact) mass is 483 g/mol. The number of aromatic nitrogens is 3. The average Bonchev–Trinajstić information content (AvgIpc) is 2.84. The van der Waals surface area contributed by atoms with Gasteiger partial charge in [-0.1, -0.05) is 11.6 Å². The zero-order valence-corrected chi connectivity index (χ0v) is 20.8. The first-order chi connectivity index (χ1) is 16.9. The Morgan fingerprint density at radius 3 is 2.49 bits per heavy atom. The number of benzene rings is 3. The fourth-order valence-electron chi connectivity index (χ4n) is 4.05. The zero-order chi connectivity index (χ0) is 24.5. The summed E-state index contributed by atoms with van der Waals surface area (Å²) in [6.45, 7) is 6.11. The number of hydrogen-bond donors (Lipinski definition) is 1. The van der Waals surface area contributed by atoms with Gasteiger partial charge in [-0.15, -0.1) is 0 Å². The summed E-state index contributed by atoms with van der Waals surface area (Å²) in [7, 11) is 1.67. The average molecular weight is 484 g/mol. The molecule has 0 saturated carbocycles. The Morgan fingerprint density at radius 2 is 1.80 bits per heavy atom. The number of rotatable bonds is 5. The normalized spacial score (nSPS) is 12.0. The van der Waals surface area contributed by atoms with E-state index in [0.717, 1.165) is 56.3 Å². The van der Waals surface area contributed by atoms with Gasteiger partial charge in [0.25, 0.3) is 0 Å². The van der Waals surface area contributed by atoms with E-state index in [1.54, 1.807) is 7.11 Å². The van der Waals surface area contributed by atoms with E-state index >= 15 is 0 Å². The van der Waals surface area contributed by atoms with Crippen molar-refractivity contribution >= 4 is 34.0 Å². The molecular formula is C28H26ClN5O. The number of pyridine rings is 1. The molecule has 0 radical (unpaired) electrons. The Bertz CT molecular complexity index is 1540. The van der Waals surface area contributed by atoms with Crippen molar-refractivity contribution in [1.29, 1.82) is 0 Å². The van der Waals surface area contributed by atoms with E-state index in [-0.39, 0.29) is 6.04 Å². The highest BCUT2D eigenvalue weighted by atomic mass is 35.5. The number of nitrogens with zero attached hydrogens (tertiary/aromatic N) is 4. The second-order valence-electron chi connectivity index (χ2n) is 8.67. The number of methoxy groups -OCH3 is 1. The number of halogens is 1. The molecule has 2 aromatic carbocycles. The molecule has 0 unspecified atom stereocenters. The van der Waals surface area contributed by atoms with Crippen LogP contribution in [0.15, 0.2) is 77.9 Å². The lowest BCUT2D eigenvalue weighted by Gasteiger charge is -2.21. The predicted octanol–water partition coefficient (Wildman–Crippen LogP) is 6.55. The molecule has 6 nitrogen and oxygen atoms in total. The van der Waals surface area contributed by atoms with Crippen molar-refractivity contribution < 1.29 is 4.74 Å². The largest absolute Gasteiger partial charge is 0.497 e. The standard InChI is InChI=1S/C28H26ClN5O/c1-17(2)31-25-15-28-26(14-24(25)32-20-8-5-18(3)30-16-20)33-23-12-11-22(35-4)13-27(23)34(28)21-9-6-19(29)7-10-21/h5-17,32H,1-4H3/b31-25+. The highest BCUT2D eigenvalue weighted by Gasteiger charge is 2.17. The first-order valence-corrected chi connectivity index (χ1v) is 11.8. The van der Waals surface area contributed by atoms with Crippen molar-refractivity contribution in [1.82, 2.24) is 14.5 Å². The van der Waals surface area contributed by atoms with E-state index in [1.807, 2.05) is 73.8 Å².